The lowest BCUT2D eigenvalue weighted by atomic mass is 9.76. The summed E-state index contributed by atoms with van der Waals surface area (Å²) in [4.78, 5) is 0. The van der Waals surface area contributed by atoms with Gasteiger partial charge in [-0.15, -0.1) is 0 Å². The molecule has 1 saturated carbocycles. The lowest BCUT2D eigenvalue weighted by Gasteiger charge is -2.40. The van der Waals surface area contributed by atoms with Gasteiger partial charge in [0.15, 0.2) is 17.4 Å². The number of ether oxygens (including phenoxy) is 2. The largest absolute Gasteiger partial charge is 0.385 e. The predicted molar refractivity (Wildman–Crippen MR) is 68.1 cm³/mol. The van der Waals surface area contributed by atoms with E-state index in [4.69, 9.17) is 9.47 Å². The lowest BCUT2D eigenvalue weighted by molar-refractivity contribution is -0.204. The van der Waals surface area contributed by atoms with Gasteiger partial charge in [0.25, 0.3) is 0 Å². The van der Waals surface area contributed by atoms with Crippen LogP contribution in [0.5, 0.6) is 0 Å². The van der Waals surface area contributed by atoms with Gasteiger partial charge in [0.05, 0.1) is 18.8 Å². The van der Waals surface area contributed by atoms with Gasteiger partial charge in [-0.05, 0) is 25.3 Å². The molecule has 5 heteroatoms. The van der Waals surface area contributed by atoms with Crippen molar-refractivity contribution in [3.63, 3.8) is 0 Å². The number of benzene rings is 1. The second-order valence-corrected chi connectivity index (χ2v) is 5.70. The highest BCUT2D eigenvalue weighted by atomic mass is 19.2. The van der Waals surface area contributed by atoms with Gasteiger partial charge in [-0.3, -0.25) is 0 Å². The van der Waals surface area contributed by atoms with E-state index in [0.717, 1.165) is 0 Å². The first-order chi connectivity index (χ1) is 9.46. The van der Waals surface area contributed by atoms with E-state index < -0.39 is 23.0 Å². The van der Waals surface area contributed by atoms with Gasteiger partial charge in [0.2, 0.25) is 0 Å². The van der Waals surface area contributed by atoms with Gasteiger partial charge >= 0.3 is 0 Å². The number of aliphatic hydroxyl groups is 1. The standard InChI is InChI=1S/C15H18F2O3/c1-10-2-3-11(13(17)12(10)16)14(18)4-6-15(7-5-14)19-8-9-20-15/h2-3,18H,4-9H2,1H3. The molecule has 1 spiro atoms. The maximum absolute atomic E-state index is 14.1. The van der Waals surface area contributed by atoms with Crippen molar-refractivity contribution in [1.82, 2.24) is 0 Å². The van der Waals surface area contributed by atoms with E-state index in [1.165, 1.54) is 19.1 Å². The molecule has 2 fully saturated rings. The molecule has 3 nitrogen and oxygen atoms in total. The van der Waals surface area contributed by atoms with Gasteiger partial charge in [0.1, 0.15) is 0 Å². The molecule has 20 heavy (non-hydrogen) atoms. The molecule has 1 heterocycles. The molecule has 1 aliphatic carbocycles. The van der Waals surface area contributed by atoms with Crippen molar-refractivity contribution in [3.8, 4) is 0 Å². The van der Waals surface area contributed by atoms with E-state index in [1.807, 2.05) is 0 Å². The van der Waals surface area contributed by atoms with E-state index in [2.05, 4.69) is 0 Å². The maximum atomic E-state index is 14.1. The first kappa shape index (κ1) is 13.9. The molecule has 0 aromatic heterocycles. The van der Waals surface area contributed by atoms with Crippen molar-refractivity contribution in [2.75, 3.05) is 13.2 Å². The molecule has 1 N–H and O–H groups in total. The topological polar surface area (TPSA) is 38.7 Å². The van der Waals surface area contributed by atoms with Crippen molar-refractivity contribution in [1.29, 1.82) is 0 Å². The first-order valence-electron chi connectivity index (χ1n) is 6.91. The zero-order valence-electron chi connectivity index (χ0n) is 11.4. The summed E-state index contributed by atoms with van der Waals surface area (Å²) in [5.74, 6) is -2.47. The minimum absolute atomic E-state index is 0.0356. The van der Waals surface area contributed by atoms with Gasteiger partial charge in [-0.25, -0.2) is 8.78 Å². The molecule has 2 aliphatic rings. The highest BCUT2D eigenvalue weighted by Crippen LogP contribution is 2.45. The highest BCUT2D eigenvalue weighted by molar-refractivity contribution is 5.30. The third-order valence-corrected chi connectivity index (χ3v) is 4.43. The monoisotopic (exact) mass is 284 g/mol. The fraction of sp³-hybridized carbons (Fsp3) is 0.600. The van der Waals surface area contributed by atoms with Crippen LogP contribution in [0.1, 0.15) is 36.8 Å². The van der Waals surface area contributed by atoms with Crippen LogP contribution < -0.4 is 0 Å². The van der Waals surface area contributed by atoms with E-state index in [0.29, 0.717) is 38.9 Å². The zero-order chi connectivity index (χ0) is 14.4. The van der Waals surface area contributed by atoms with Crippen molar-refractivity contribution in [3.05, 3.63) is 34.9 Å². The average Bonchev–Trinajstić information content (AvgIpc) is 2.89. The Hall–Kier alpha value is -1.04. The fourth-order valence-corrected chi connectivity index (χ4v) is 3.10. The molecule has 3 rings (SSSR count). The molecule has 1 aromatic carbocycles. The molecular weight excluding hydrogens is 266 g/mol. The molecule has 110 valence electrons. The van der Waals surface area contributed by atoms with Crippen LogP contribution in [0.3, 0.4) is 0 Å². The predicted octanol–water partition coefficient (Wildman–Crippen LogP) is 2.78. The molecule has 0 unspecified atom stereocenters. The normalized spacial score (nSPS) is 24.2. The summed E-state index contributed by atoms with van der Waals surface area (Å²) in [5.41, 5.74) is -1.07. The Morgan fingerprint density at radius 2 is 1.60 bits per heavy atom. The second kappa shape index (κ2) is 4.76. The molecule has 0 atom stereocenters. The van der Waals surface area contributed by atoms with Crippen molar-refractivity contribution < 1.29 is 23.4 Å². The Morgan fingerprint density at radius 1 is 1.00 bits per heavy atom. The summed E-state index contributed by atoms with van der Waals surface area (Å²) < 4.78 is 38.9. The lowest BCUT2D eigenvalue weighted by Crippen LogP contribution is -2.42. The van der Waals surface area contributed by atoms with Crippen LogP contribution in [0.25, 0.3) is 0 Å². The summed E-state index contributed by atoms with van der Waals surface area (Å²) in [6.45, 7) is 2.60. The van der Waals surface area contributed by atoms with Gasteiger partial charge in [-0.1, -0.05) is 12.1 Å². The number of rotatable bonds is 1. The first-order valence-corrected chi connectivity index (χ1v) is 6.91. The van der Waals surface area contributed by atoms with Gasteiger partial charge < -0.3 is 14.6 Å². The van der Waals surface area contributed by atoms with Crippen molar-refractivity contribution in [2.45, 2.75) is 44.0 Å². The van der Waals surface area contributed by atoms with E-state index in [1.54, 1.807) is 0 Å². The number of hydrogen-bond donors (Lipinski definition) is 1. The van der Waals surface area contributed by atoms with Crippen LogP contribution >= 0.6 is 0 Å². The third-order valence-electron chi connectivity index (χ3n) is 4.43. The summed E-state index contributed by atoms with van der Waals surface area (Å²) in [7, 11) is 0. The molecular formula is C15H18F2O3. The SMILES string of the molecule is Cc1ccc(C2(O)CCC3(CC2)OCCO3)c(F)c1F. The Morgan fingerprint density at radius 3 is 2.20 bits per heavy atom. The summed E-state index contributed by atoms with van der Waals surface area (Å²) in [6, 6.07) is 2.97. The van der Waals surface area contributed by atoms with Crippen LogP contribution in [-0.2, 0) is 15.1 Å². The van der Waals surface area contributed by atoms with E-state index >= 15 is 0 Å². The molecule has 0 bridgehead atoms. The quantitative estimate of drug-likeness (QED) is 0.862. The number of halogens is 2. The molecule has 1 aromatic rings. The average molecular weight is 284 g/mol. The maximum Gasteiger partial charge on any atom is 0.168 e. The van der Waals surface area contributed by atoms with Crippen molar-refractivity contribution >= 4 is 0 Å². The Balaban J connectivity index is 1.86. The molecule has 1 aliphatic heterocycles. The minimum Gasteiger partial charge on any atom is -0.385 e. The molecule has 0 amide bonds. The smallest absolute Gasteiger partial charge is 0.168 e. The highest BCUT2D eigenvalue weighted by Gasteiger charge is 2.47. The Labute approximate surface area is 116 Å². The fourth-order valence-electron chi connectivity index (χ4n) is 3.10. The van der Waals surface area contributed by atoms with Gasteiger partial charge in [-0.2, -0.15) is 0 Å². The Kier molecular flexibility index (Phi) is 3.31. The summed E-state index contributed by atoms with van der Waals surface area (Å²) in [6.07, 6.45) is 1.57. The Bertz CT molecular complexity index is 514. The number of aryl methyl sites for hydroxylation is 1. The minimum atomic E-state index is -1.35. The third kappa shape index (κ3) is 2.14. The van der Waals surface area contributed by atoms with Gasteiger partial charge in [0, 0.05) is 18.4 Å². The van der Waals surface area contributed by atoms with Crippen LogP contribution in [0, 0.1) is 18.6 Å². The van der Waals surface area contributed by atoms with Crippen LogP contribution in [0.15, 0.2) is 12.1 Å². The summed E-state index contributed by atoms with van der Waals surface area (Å²) >= 11 is 0. The van der Waals surface area contributed by atoms with Crippen molar-refractivity contribution in [2.24, 2.45) is 0 Å². The van der Waals surface area contributed by atoms with Crippen LogP contribution in [-0.4, -0.2) is 24.1 Å². The molecule has 1 saturated heterocycles. The number of hydrogen-bond acceptors (Lipinski definition) is 3. The second-order valence-electron chi connectivity index (χ2n) is 5.70. The van der Waals surface area contributed by atoms with Crippen LogP contribution in [0.2, 0.25) is 0 Å². The van der Waals surface area contributed by atoms with E-state index in [9.17, 15) is 13.9 Å². The summed E-state index contributed by atoms with van der Waals surface area (Å²) in [5, 5.41) is 10.7. The van der Waals surface area contributed by atoms with Crippen LogP contribution in [0.4, 0.5) is 8.78 Å². The molecule has 0 radical (unpaired) electrons. The van der Waals surface area contributed by atoms with E-state index in [-0.39, 0.29) is 11.1 Å². The zero-order valence-corrected chi connectivity index (χ0v) is 11.4.